The van der Waals surface area contributed by atoms with E-state index in [0.717, 1.165) is 23.0 Å². The van der Waals surface area contributed by atoms with Gasteiger partial charge in [0.2, 0.25) is 0 Å². The molecule has 1 heterocycles. The largest absolute Gasteiger partial charge is 0.296 e. The Labute approximate surface area is 182 Å². The maximum absolute atomic E-state index is 9.94. The molecule has 0 N–H and O–H groups in total. The molecule has 4 nitrogen and oxygen atoms in total. The van der Waals surface area contributed by atoms with Crippen molar-refractivity contribution in [2.75, 3.05) is 0 Å². The van der Waals surface area contributed by atoms with Crippen LogP contribution in [0.4, 0.5) is 0 Å². The third-order valence-electron chi connectivity index (χ3n) is 4.23. The van der Waals surface area contributed by atoms with Gasteiger partial charge in [0.15, 0.2) is 12.5 Å². The van der Waals surface area contributed by atoms with E-state index in [1.165, 1.54) is 0 Å². The van der Waals surface area contributed by atoms with Crippen molar-refractivity contribution < 1.29 is 4.79 Å². The molecule has 152 valence electrons. The molecule has 0 amide bonds. The Bertz CT molecular complexity index is 1030. The van der Waals surface area contributed by atoms with Crippen molar-refractivity contribution in [1.29, 1.82) is 0 Å². The summed E-state index contributed by atoms with van der Waals surface area (Å²) >= 11 is 0. The lowest BCUT2D eigenvalue weighted by atomic mass is 10.1. The molecule has 0 unspecified atom stereocenters. The van der Waals surface area contributed by atoms with Crippen LogP contribution in [0, 0.1) is 0 Å². The second-order valence-electron chi connectivity index (χ2n) is 6.53. The molecule has 0 saturated heterocycles. The number of aliphatic imine (C=N–C) groups is 2. The Morgan fingerprint density at radius 1 is 0.613 bits per heavy atom. The van der Waals surface area contributed by atoms with E-state index in [0.29, 0.717) is 5.69 Å². The minimum Gasteiger partial charge on any atom is -0.296 e. The number of benzene rings is 3. The third kappa shape index (κ3) is 7.63. The third-order valence-corrected chi connectivity index (χ3v) is 4.23. The summed E-state index contributed by atoms with van der Waals surface area (Å²) in [5.41, 5.74) is 3.70. The molecular weight excluding hydrogens is 382 g/mol. The topological polar surface area (TPSA) is 54.7 Å². The van der Waals surface area contributed by atoms with Crippen LogP contribution in [0.15, 0.2) is 125 Å². The molecule has 4 heteroatoms. The van der Waals surface area contributed by atoms with Gasteiger partial charge in [0.05, 0.1) is 0 Å². The highest BCUT2D eigenvalue weighted by Crippen LogP contribution is 2.18. The minimum absolute atomic E-state index is 0.239. The second kappa shape index (κ2) is 12.4. The number of carbonyl (C=O) groups is 1. The Balaban J connectivity index is 0.000000287. The van der Waals surface area contributed by atoms with Gasteiger partial charge in [0, 0.05) is 18.6 Å². The zero-order valence-corrected chi connectivity index (χ0v) is 17.0. The summed E-state index contributed by atoms with van der Waals surface area (Å²) < 4.78 is 0. The first kappa shape index (κ1) is 21.5. The molecule has 0 bridgehead atoms. The van der Waals surface area contributed by atoms with Gasteiger partial charge in [-0.05, 0) is 28.8 Å². The van der Waals surface area contributed by atoms with Crippen LogP contribution >= 0.6 is 0 Å². The zero-order chi connectivity index (χ0) is 21.6. The summed E-state index contributed by atoms with van der Waals surface area (Å²) in [4.78, 5) is 23.0. The molecular formula is C27H23N3O. The quantitative estimate of drug-likeness (QED) is 0.300. The smallest absolute Gasteiger partial charge is 0.168 e. The van der Waals surface area contributed by atoms with Gasteiger partial charge in [-0.15, -0.1) is 0 Å². The molecule has 4 rings (SSSR count). The molecule has 0 aliphatic heterocycles. The van der Waals surface area contributed by atoms with Crippen LogP contribution in [0.1, 0.15) is 33.3 Å². The average molecular weight is 406 g/mol. The van der Waals surface area contributed by atoms with Crippen LogP contribution in [0.25, 0.3) is 0 Å². The van der Waals surface area contributed by atoms with Crippen LogP contribution in [0.3, 0.4) is 0 Å². The van der Waals surface area contributed by atoms with Crippen LogP contribution in [-0.2, 0) is 0 Å². The maximum atomic E-state index is 9.94. The molecule has 0 aliphatic carbocycles. The van der Waals surface area contributed by atoms with E-state index >= 15 is 0 Å². The number of carbonyl (C=O) groups excluding carboxylic acids is 1. The summed E-state index contributed by atoms with van der Waals surface area (Å²) in [6.07, 6.45) is 5.82. The molecule has 0 radical (unpaired) electrons. The number of aldehydes is 1. The van der Waals surface area contributed by atoms with Crippen molar-refractivity contribution in [3.05, 3.63) is 138 Å². The Morgan fingerprint density at radius 2 is 1.10 bits per heavy atom. The molecule has 0 spiro atoms. The maximum Gasteiger partial charge on any atom is 0.168 e. The fourth-order valence-electron chi connectivity index (χ4n) is 2.67. The fraction of sp³-hybridized carbons (Fsp3) is 0.0370. The number of pyridine rings is 1. The van der Waals surface area contributed by atoms with Gasteiger partial charge in [-0.2, -0.15) is 0 Å². The van der Waals surface area contributed by atoms with Gasteiger partial charge in [0.25, 0.3) is 0 Å². The fourth-order valence-corrected chi connectivity index (χ4v) is 2.67. The SMILES string of the molecule is C(=NC(N=Cc1ccccc1)c1ccccc1)c1ccccc1.O=Cc1ccccn1. The summed E-state index contributed by atoms with van der Waals surface area (Å²) in [6, 6.07) is 35.5. The highest BCUT2D eigenvalue weighted by molar-refractivity contribution is 5.81. The van der Waals surface area contributed by atoms with Gasteiger partial charge >= 0.3 is 0 Å². The molecule has 0 fully saturated rings. The summed E-state index contributed by atoms with van der Waals surface area (Å²) in [5, 5.41) is 0. The van der Waals surface area contributed by atoms with Crippen molar-refractivity contribution in [2.24, 2.45) is 9.98 Å². The molecule has 0 saturated carbocycles. The lowest BCUT2D eigenvalue weighted by Gasteiger charge is -2.07. The molecule has 0 atom stereocenters. The van der Waals surface area contributed by atoms with E-state index in [4.69, 9.17) is 0 Å². The van der Waals surface area contributed by atoms with Gasteiger partial charge in [-0.25, -0.2) is 0 Å². The van der Waals surface area contributed by atoms with Crippen LogP contribution in [0.2, 0.25) is 0 Å². The van der Waals surface area contributed by atoms with Crippen LogP contribution in [0.5, 0.6) is 0 Å². The number of hydrogen-bond acceptors (Lipinski definition) is 4. The second-order valence-corrected chi connectivity index (χ2v) is 6.53. The standard InChI is InChI=1S/C21H18N2.C6H5NO/c1-4-10-18(11-5-1)16-22-21(20-14-8-3-9-15-20)23-17-19-12-6-2-7-13-19;8-5-6-3-1-2-4-7-6/h1-17,21H;1-5H. The van der Waals surface area contributed by atoms with E-state index in [9.17, 15) is 4.79 Å². The van der Waals surface area contributed by atoms with Crippen molar-refractivity contribution >= 4 is 18.7 Å². The lowest BCUT2D eigenvalue weighted by Crippen LogP contribution is -1.94. The number of hydrogen-bond donors (Lipinski definition) is 0. The summed E-state index contributed by atoms with van der Waals surface area (Å²) in [6.45, 7) is 0. The Morgan fingerprint density at radius 3 is 1.52 bits per heavy atom. The Kier molecular flexibility index (Phi) is 8.61. The van der Waals surface area contributed by atoms with E-state index in [2.05, 4.69) is 27.1 Å². The van der Waals surface area contributed by atoms with E-state index in [1.54, 1.807) is 24.4 Å². The predicted molar refractivity (Wildman–Crippen MR) is 127 cm³/mol. The van der Waals surface area contributed by atoms with Crippen molar-refractivity contribution in [3.8, 4) is 0 Å². The number of rotatable bonds is 6. The normalized spacial score (nSPS) is 11.6. The highest BCUT2D eigenvalue weighted by atomic mass is 16.1. The van der Waals surface area contributed by atoms with E-state index in [1.807, 2.05) is 91.3 Å². The van der Waals surface area contributed by atoms with Gasteiger partial charge in [-0.1, -0.05) is 97.1 Å². The van der Waals surface area contributed by atoms with E-state index in [-0.39, 0.29) is 6.17 Å². The lowest BCUT2D eigenvalue weighted by molar-refractivity contribution is 0.111. The molecule has 3 aromatic carbocycles. The average Bonchev–Trinajstić information content (AvgIpc) is 2.87. The summed E-state index contributed by atoms with van der Waals surface area (Å²) in [5.74, 6) is 0. The van der Waals surface area contributed by atoms with Gasteiger partial charge in [-0.3, -0.25) is 19.8 Å². The molecule has 0 aliphatic rings. The van der Waals surface area contributed by atoms with Gasteiger partial charge in [0.1, 0.15) is 5.69 Å². The minimum atomic E-state index is -0.239. The number of aromatic nitrogens is 1. The molecule has 1 aromatic heterocycles. The first-order valence-corrected chi connectivity index (χ1v) is 9.93. The van der Waals surface area contributed by atoms with Gasteiger partial charge < -0.3 is 0 Å². The predicted octanol–water partition coefficient (Wildman–Crippen LogP) is 5.82. The van der Waals surface area contributed by atoms with Crippen molar-refractivity contribution in [1.82, 2.24) is 4.98 Å². The number of nitrogens with zero attached hydrogens (tertiary/aromatic N) is 3. The highest BCUT2D eigenvalue weighted by Gasteiger charge is 2.05. The van der Waals surface area contributed by atoms with Crippen molar-refractivity contribution in [2.45, 2.75) is 6.17 Å². The van der Waals surface area contributed by atoms with Crippen LogP contribution in [-0.4, -0.2) is 23.7 Å². The van der Waals surface area contributed by atoms with Crippen molar-refractivity contribution in [3.63, 3.8) is 0 Å². The van der Waals surface area contributed by atoms with E-state index < -0.39 is 0 Å². The molecule has 31 heavy (non-hydrogen) atoms. The summed E-state index contributed by atoms with van der Waals surface area (Å²) in [7, 11) is 0. The monoisotopic (exact) mass is 405 g/mol. The first-order valence-electron chi connectivity index (χ1n) is 9.93. The first-order chi connectivity index (χ1) is 15.3. The zero-order valence-electron chi connectivity index (χ0n) is 17.0. The Hall–Kier alpha value is -4.18. The van der Waals surface area contributed by atoms with Crippen LogP contribution < -0.4 is 0 Å². The molecule has 4 aromatic rings.